The van der Waals surface area contributed by atoms with E-state index < -0.39 is 86.4 Å². The second-order valence-electron chi connectivity index (χ2n) is 16.2. The molecular weight excluding hydrogens is 772 g/mol. The van der Waals surface area contributed by atoms with Crippen molar-refractivity contribution >= 4 is 44.6 Å². The Morgan fingerprint density at radius 3 is 2.51 bits per heavy atom. The molecule has 2 aliphatic heterocycles. The molecule has 0 spiro atoms. The van der Waals surface area contributed by atoms with Crippen molar-refractivity contribution in [3.63, 3.8) is 0 Å². The lowest BCUT2D eigenvalue weighted by Crippen LogP contribution is -2.59. The number of nitrogens with zero attached hydrogens (tertiary/aromatic N) is 2. The lowest BCUT2D eigenvalue weighted by atomic mass is 9.88. The van der Waals surface area contributed by atoms with Gasteiger partial charge in [0.1, 0.15) is 29.5 Å². The molecular formula is C39H50F3N5O9S. The van der Waals surface area contributed by atoms with Gasteiger partial charge in [0.2, 0.25) is 33.3 Å². The molecule has 1 aromatic carbocycles. The summed E-state index contributed by atoms with van der Waals surface area (Å²) in [5.41, 5.74) is -4.50. The molecule has 3 N–H and O–H groups in total. The SMILES string of the molecule is CCOc1ccc2c(OC3CC4C(=O)NC5(C(=O)NS(=O)(=O)C6CC6)CC5C=CCCC(C)CC(C)C(NC(=O)OC(C)(C)C(F)(F)F)C(=O)N4C3)nccc2c1. The first kappa shape index (κ1) is 42.0. The highest BCUT2D eigenvalue weighted by Gasteiger charge is 2.62. The van der Waals surface area contributed by atoms with Crippen molar-refractivity contribution in [2.24, 2.45) is 17.8 Å². The molecule has 2 saturated carbocycles. The van der Waals surface area contributed by atoms with Gasteiger partial charge in [-0.3, -0.25) is 19.1 Å². The number of fused-ring (bicyclic) bond motifs is 3. The van der Waals surface area contributed by atoms with Crippen molar-refractivity contribution in [3.8, 4) is 11.6 Å². The Morgan fingerprint density at radius 1 is 1.09 bits per heavy atom. The number of amides is 4. The number of halogens is 3. The monoisotopic (exact) mass is 821 g/mol. The van der Waals surface area contributed by atoms with Gasteiger partial charge in [0.05, 0.1) is 18.4 Å². The van der Waals surface area contributed by atoms with Crippen LogP contribution in [0.25, 0.3) is 10.8 Å². The highest BCUT2D eigenvalue weighted by molar-refractivity contribution is 7.91. The van der Waals surface area contributed by atoms with E-state index in [-0.39, 0.29) is 31.2 Å². The quantitative estimate of drug-likeness (QED) is 0.294. The maximum Gasteiger partial charge on any atom is 0.427 e. The Hall–Kier alpha value is -4.61. The third-order valence-electron chi connectivity index (χ3n) is 11.2. The fraction of sp³-hybridized carbons (Fsp3) is 0.615. The average molecular weight is 822 g/mol. The Morgan fingerprint density at radius 2 is 1.82 bits per heavy atom. The van der Waals surface area contributed by atoms with Crippen molar-refractivity contribution < 1.29 is 55.0 Å². The van der Waals surface area contributed by atoms with E-state index in [0.29, 0.717) is 63.7 Å². The van der Waals surface area contributed by atoms with Gasteiger partial charge in [0, 0.05) is 23.9 Å². The summed E-state index contributed by atoms with van der Waals surface area (Å²) < 4.78 is 85.8. The molecule has 7 atom stereocenters. The van der Waals surface area contributed by atoms with Gasteiger partial charge < -0.3 is 29.7 Å². The smallest absolute Gasteiger partial charge is 0.427 e. The summed E-state index contributed by atoms with van der Waals surface area (Å²) in [4.78, 5) is 61.6. The van der Waals surface area contributed by atoms with Crippen molar-refractivity contribution in [1.29, 1.82) is 0 Å². The van der Waals surface area contributed by atoms with E-state index in [9.17, 15) is 40.8 Å². The first-order valence-electron chi connectivity index (χ1n) is 19.3. The van der Waals surface area contributed by atoms with Crippen molar-refractivity contribution in [3.05, 3.63) is 42.6 Å². The standard InChI is InChI=1S/C39H50F3N5O9S/c1-6-54-26-11-14-29-24(18-26)15-16-43-33(29)55-27-19-30-32(48)45-38(35(50)46-57(52,53)28-12-13-28)20-25(38)10-8-7-9-22(2)17-23(3)31(34(49)47(30)21-27)44-36(51)56-37(4,5)39(40,41)42/h8,10-11,14-16,18,22-23,25,27-28,30-31H,6-7,9,12-13,17,19-21H2,1-5H3,(H,44,51)(H,45,48)(H,46,50). The van der Waals surface area contributed by atoms with Gasteiger partial charge in [-0.15, -0.1) is 0 Å². The summed E-state index contributed by atoms with van der Waals surface area (Å²) in [6.45, 7) is 7.13. The molecule has 2 aliphatic carbocycles. The lowest BCUT2D eigenvalue weighted by molar-refractivity contribution is -0.244. The number of nitrogens with one attached hydrogen (secondary N) is 3. The normalized spacial score (nSPS) is 28.6. The van der Waals surface area contributed by atoms with E-state index in [0.717, 1.165) is 5.39 Å². The number of alkyl carbamates (subject to hydrolysis) is 1. The molecule has 1 saturated heterocycles. The van der Waals surface area contributed by atoms with Gasteiger partial charge in [0.15, 0.2) is 0 Å². The number of carbonyl (C=O) groups is 4. The third kappa shape index (κ3) is 9.25. The number of alkyl halides is 3. The summed E-state index contributed by atoms with van der Waals surface area (Å²) >= 11 is 0. The summed E-state index contributed by atoms with van der Waals surface area (Å²) in [6.07, 6.45) is 0.334. The zero-order valence-corrected chi connectivity index (χ0v) is 33.4. The number of sulfonamides is 1. The molecule has 14 nitrogen and oxygen atoms in total. The third-order valence-corrected chi connectivity index (χ3v) is 13.0. The predicted octanol–water partition coefficient (Wildman–Crippen LogP) is 4.91. The molecule has 1 aromatic heterocycles. The van der Waals surface area contributed by atoms with Crippen molar-refractivity contribution in [2.45, 2.75) is 120 Å². The molecule has 312 valence electrons. The predicted molar refractivity (Wildman–Crippen MR) is 201 cm³/mol. The molecule has 0 bridgehead atoms. The second-order valence-corrected chi connectivity index (χ2v) is 18.2. The summed E-state index contributed by atoms with van der Waals surface area (Å²) in [7, 11) is -3.98. The van der Waals surface area contributed by atoms with Crippen LogP contribution in [0, 0.1) is 17.8 Å². The van der Waals surface area contributed by atoms with Crippen LogP contribution in [0.15, 0.2) is 42.6 Å². The van der Waals surface area contributed by atoms with Crippen LogP contribution < -0.4 is 24.8 Å². The number of carbonyl (C=O) groups excluding carboxylic acids is 4. The first-order valence-corrected chi connectivity index (χ1v) is 20.9. The maximum atomic E-state index is 14.7. The Kier molecular flexibility index (Phi) is 11.8. The number of allylic oxidation sites excluding steroid dienone is 1. The minimum atomic E-state index is -4.91. The maximum absolute atomic E-state index is 14.7. The zero-order valence-electron chi connectivity index (χ0n) is 32.6. The van der Waals surface area contributed by atoms with E-state index in [2.05, 4.69) is 20.3 Å². The van der Waals surface area contributed by atoms with Gasteiger partial charge in [0.25, 0.3) is 5.91 Å². The number of aromatic nitrogens is 1. The lowest BCUT2D eigenvalue weighted by Gasteiger charge is -2.34. The number of rotatable bonds is 9. The van der Waals surface area contributed by atoms with Crippen molar-refractivity contribution in [2.75, 3.05) is 13.2 Å². The van der Waals surface area contributed by atoms with E-state index >= 15 is 0 Å². The molecule has 4 amide bonds. The van der Waals surface area contributed by atoms with Gasteiger partial charge in [-0.25, -0.2) is 18.2 Å². The van der Waals surface area contributed by atoms with Crippen LogP contribution in [0.5, 0.6) is 11.6 Å². The van der Waals surface area contributed by atoms with Crippen LogP contribution in [0.4, 0.5) is 18.0 Å². The van der Waals surface area contributed by atoms with Crippen LogP contribution >= 0.6 is 0 Å². The first-order chi connectivity index (χ1) is 26.7. The van der Waals surface area contributed by atoms with Crippen molar-refractivity contribution in [1.82, 2.24) is 25.2 Å². The summed E-state index contributed by atoms with van der Waals surface area (Å²) in [5.74, 6) is -2.78. The van der Waals surface area contributed by atoms with Gasteiger partial charge in [-0.05, 0) is 101 Å². The minimum Gasteiger partial charge on any atom is -0.494 e. The number of hydrogen-bond donors (Lipinski definition) is 3. The molecule has 18 heteroatoms. The molecule has 3 heterocycles. The topological polar surface area (TPSA) is 182 Å². The van der Waals surface area contributed by atoms with Crippen LogP contribution in [-0.4, -0.2) is 96.0 Å². The molecule has 57 heavy (non-hydrogen) atoms. The Labute approximate surface area is 329 Å². The number of pyridine rings is 1. The highest BCUT2D eigenvalue weighted by Crippen LogP contribution is 2.46. The van der Waals surface area contributed by atoms with Crippen LogP contribution in [0.2, 0.25) is 0 Å². The van der Waals surface area contributed by atoms with E-state index in [1.165, 1.54) is 11.1 Å². The summed E-state index contributed by atoms with van der Waals surface area (Å²) in [6, 6.07) is 4.37. The molecule has 0 radical (unpaired) electrons. The van der Waals surface area contributed by atoms with Crippen LogP contribution in [-0.2, 0) is 29.1 Å². The highest BCUT2D eigenvalue weighted by atomic mass is 32.2. The molecule has 4 aliphatic rings. The molecule has 6 rings (SSSR count). The fourth-order valence-electron chi connectivity index (χ4n) is 7.58. The van der Waals surface area contributed by atoms with E-state index in [4.69, 9.17) is 14.2 Å². The Bertz CT molecular complexity index is 2020. The van der Waals surface area contributed by atoms with Crippen LogP contribution in [0.3, 0.4) is 0 Å². The molecule has 2 aromatic rings. The zero-order chi connectivity index (χ0) is 41.5. The van der Waals surface area contributed by atoms with Gasteiger partial charge >= 0.3 is 12.3 Å². The number of hydrogen-bond acceptors (Lipinski definition) is 10. The molecule has 3 fully saturated rings. The van der Waals surface area contributed by atoms with E-state index in [1.807, 2.05) is 26.0 Å². The number of ether oxygens (including phenoxy) is 3. The Balaban J connectivity index is 1.34. The van der Waals surface area contributed by atoms with Crippen LogP contribution in [0.1, 0.15) is 79.6 Å². The second kappa shape index (κ2) is 16.0. The van der Waals surface area contributed by atoms with Gasteiger partial charge in [-0.2, -0.15) is 13.2 Å². The molecule has 7 unspecified atom stereocenters. The summed E-state index contributed by atoms with van der Waals surface area (Å²) in [5, 5.41) is 5.85. The minimum absolute atomic E-state index is 0.0312. The number of benzene rings is 1. The fourth-order valence-corrected chi connectivity index (χ4v) is 8.94. The van der Waals surface area contributed by atoms with Gasteiger partial charge in [-0.1, -0.05) is 26.0 Å². The van der Waals surface area contributed by atoms with E-state index in [1.54, 1.807) is 31.2 Å². The largest absolute Gasteiger partial charge is 0.494 e. The average Bonchev–Trinajstić information content (AvgIpc) is 4.05.